The minimum Gasteiger partial charge on any atom is -0.376 e. The van der Waals surface area contributed by atoms with Crippen LogP contribution in [0.2, 0.25) is 0 Å². The van der Waals surface area contributed by atoms with E-state index in [0.29, 0.717) is 5.69 Å². The van der Waals surface area contributed by atoms with Gasteiger partial charge in [0, 0.05) is 18.2 Å². The average molecular weight is 323 g/mol. The Morgan fingerprint density at radius 3 is 2.71 bits per heavy atom. The van der Waals surface area contributed by atoms with Crippen molar-refractivity contribution in [3.05, 3.63) is 54.1 Å². The zero-order valence-electron chi connectivity index (χ0n) is 13.9. The van der Waals surface area contributed by atoms with E-state index in [1.165, 1.54) is 0 Å². The number of carbonyl (C=O) groups excluding carboxylic acids is 2. The summed E-state index contributed by atoms with van der Waals surface area (Å²) in [4.78, 5) is 26.5. The normalized spacial score (nSPS) is 16.8. The summed E-state index contributed by atoms with van der Waals surface area (Å²) in [6.07, 6.45) is 0.283. The minimum atomic E-state index is -0.195. The van der Waals surface area contributed by atoms with Crippen LogP contribution in [-0.4, -0.2) is 24.4 Å². The van der Waals surface area contributed by atoms with E-state index in [-0.39, 0.29) is 30.8 Å². The summed E-state index contributed by atoms with van der Waals surface area (Å²) in [5, 5.41) is 6.06. The van der Waals surface area contributed by atoms with Crippen molar-refractivity contribution in [1.29, 1.82) is 0 Å². The van der Waals surface area contributed by atoms with Crippen LogP contribution in [0.25, 0.3) is 0 Å². The van der Waals surface area contributed by atoms with Crippen LogP contribution in [-0.2, 0) is 9.59 Å². The molecular weight excluding hydrogens is 302 g/mol. The van der Waals surface area contributed by atoms with E-state index in [4.69, 9.17) is 0 Å². The quantitative estimate of drug-likeness (QED) is 0.912. The largest absolute Gasteiger partial charge is 0.376 e. The number of para-hydroxylation sites is 3. The first-order valence-corrected chi connectivity index (χ1v) is 8.06. The van der Waals surface area contributed by atoms with E-state index < -0.39 is 0 Å². The summed E-state index contributed by atoms with van der Waals surface area (Å²) < 4.78 is 0. The Labute approximate surface area is 141 Å². The predicted molar refractivity (Wildman–Crippen MR) is 96.3 cm³/mol. The Balaban J connectivity index is 1.83. The molecule has 1 heterocycles. The molecule has 2 aromatic carbocycles. The molecule has 5 nitrogen and oxygen atoms in total. The molecule has 1 unspecified atom stereocenters. The maximum atomic E-state index is 12.8. The lowest BCUT2D eigenvalue weighted by atomic mass is 10.1. The van der Waals surface area contributed by atoms with Gasteiger partial charge in [-0.2, -0.15) is 0 Å². The third-order valence-electron chi connectivity index (χ3n) is 4.20. The van der Waals surface area contributed by atoms with Crippen molar-refractivity contribution in [2.24, 2.45) is 0 Å². The highest BCUT2D eigenvalue weighted by Crippen LogP contribution is 2.31. The fourth-order valence-electron chi connectivity index (χ4n) is 3.00. The number of nitrogens with one attached hydrogen (secondary N) is 2. The number of nitrogens with zero attached hydrogens (tertiary/aromatic N) is 1. The molecule has 124 valence electrons. The highest BCUT2D eigenvalue weighted by molar-refractivity contribution is 6.05. The zero-order valence-corrected chi connectivity index (χ0v) is 13.9. The molecule has 1 aliphatic rings. The van der Waals surface area contributed by atoms with Gasteiger partial charge < -0.3 is 15.5 Å². The van der Waals surface area contributed by atoms with Gasteiger partial charge in [-0.15, -0.1) is 0 Å². The molecule has 1 atom stereocenters. The molecule has 0 radical (unpaired) electrons. The standard InChI is InChI=1S/C19H21N3O2/c1-13-7-3-4-8-15(13)20-12-19(24)22-14(2)11-18(23)21-16-9-5-6-10-17(16)22/h3-10,14,20H,11-12H2,1-2H3,(H,21,23). The fraction of sp³-hybridized carbons (Fsp3) is 0.263. The molecule has 3 rings (SSSR count). The monoisotopic (exact) mass is 323 g/mol. The van der Waals surface area contributed by atoms with Crippen LogP contribution in [0.3, 0.4) is 0 Å². The van der Waals surface area contributed by atoms with Crippen molar-refractivity contribution in [2.75, 3.05) is 22.1 Å². The molecule has 0 fully saturated rings. The molecule has 2 aromatic rings. The van der Waals surface area contributed by atoms with Gasteiger partial charge in [0.2, 0.25) is 11.8 Å². The molecule has 24 heavy (non-hydrogen) atoms. The van der Waals surface area contributed by atoms with Crippen molar-refractivity contribution in [3.63, 3.8) is 0 Å². The van der Waals surface area contributed by atoms with Crippen LogP contribution >= 0.6 is 0 Å². The van der Waals surface area contributed by atoms with Crippen molar-refractivity contribution in [3.8, 4) is 0 Å². The lowest BCUT2D eigenvalue weighted by molar-refractivity contribution is -0.118. The zero-order chi connectivity index (χ0) is 17.1. The number of fused-ring (bicyclic) bond motifs is 1. The van der Waals surface area contributed by atoms with Crippen molar-refractivity contribution < 1.29 is 9.59 Å². The fourth-order valence-corrected chi connectivity index (χ4v) is 3.00. The van der Waals surface area contributed by atoms with Crippen molar-refractivity contribution in [1.82, 2.24) is 0 Å². The van der Waals surface area contributed by atoms with Crippen LogP contribution < -0.4 is 15.5 Å². The van der Waals surface area contributed by atoms with Crippen LogP contribution in [0.15, 0.2) is 48.5 Å². The van der Waals surface area contributed by atoms with Crippen LogP contribution in [0.5, 0.6) is 0 Å². The molecule has 0 aromatic heterocycles. The molecule has 0 saturated carbocycles. The van der Waals surface area contributed by atoms with E-state index >= 15 is 0 Å². The molecule has 0 bridgehead atoms. The summed E-state index contributed by atoms with van der Waals surface area (Å²) in [5.74, 6) is -0.133. The molecular formula is C19H21N3O2. The van der Waals surface area contributed by atoms with E-state index in [1.54, 1.807) is 4.90 Å². The summed E-state index contributed by atoms with van der Waals surface area (Å²) in [7, 11) is 0. The Hall–Kier alpha value is -2.82. The van der Waals surface area contributed by atoms with E-state index in [1.807, 2.05) is 62.4 Å². The first-order valence-electron chi connectivity index (χ1n) is 8.06. The number of benzene rings is 2. The Kier molecular flexibility index (Phi) is 4.51. The van der Waals surface area contributed by atoms with Gasteiger partial charge in [-0.3, -0.25) is 9.59 Å². The van der Waals surface area contributed by atoms with E-state index in [9.17, 15) is 9.59 Å². The SMILES string of the molecule is Cc1ccccc1NCC(=O)N1c2ccccc2NC(=O)CC1C. The molecule has 0 saturated heterocycles. The molecule has 1 aliphatic heterocycles. The number of carbonyl (C=O) groups is 2. The average Bonchev–Trinajstić information content (AvgIpc) is 2.68. The van der Waals surface area contributed by atoms with Gasteiger partial charge >= 0.3 is 0 Å². The Morgan fingerprint density at radius 1 is 1.21 bits per heavy atom. The Bertz CT molecular complexity index is 773. The third kappa shape index (κ3) is 3.25. The second-order valence-corrected chi connectivity index (χ2v) is 6.05. The van der Waals surface area contributed by atoms with Gasteiger partial charge in [-0.1, -0.05) is 30.3 Å². The lowest BCUT2D eigenvalue weighted by Crippen LogP contribution is -2.42. The smallest absolute Gasteiger partial charge is 0.246 e. The van der Waals surface area contributed by atoms with Crippen molar-refractivity contribution >= 4 is 28.9 Å². The number of rotatable bonds is 3. The maximum absolute atomic E-state index is 12.8. The Morgan fingerprint density at radius 2 is 1.92 bits per heavy atom. The van der Waals surface area contributed by atoms with E-state index in [0.717, 1.165) is 16.9 Å². The second-order valence-electron chi connectivity index (χ2n) is 6.05. The highest BCUT2D eigenvalue weighted by atomic mass is 16.2. The lowest BCUT2D eigenvalue weighted by Gasteiger charge is -2.28. The summed E-state index contributed by atoms with van der Waals surface area (Å²) in [6, 6.07) is 15.1. The maximum Gasteiger partial charge on any atom is 0.246 e. The topological polar surface area (TPSA) is 61.4 Å². The molecule has 5 heteroatoms. The number of aryl methyl sites for hydroxylation is 1. The van der Waals surface area contributed by atoms with Crippen LogP contribution in [0, 0.1) is 6.92 Å². The minimum absolute atomic E-state index is 0.0605. The third-order valence-corrected chi connectivity index (χ3v) is 4.20. The summed E-state index contributed by atoms with van der Waals surface area (Å²) in [5.41, 5.74) is 3.45. The summed E-state index contributed by atoms with van der Waals surface area (Å²) >= 11 is 0. The van der Waals surface area contributed by atoms with Crippen LogP contribution in [0.1, 0.15) is 18.9 Å². The van der Waals surface area contributed by atoms with Gasteiger partial charge in [0.25, 0.3) is 0 Å². The first-order chi connectivity index (χ1) is 11.6. The molecule has 0 aliphatic carbocycles. The number of anilines is 3. The number of hydrogen-bond acceptors (Lipinski definition) is 3. The molecule has 2 amide bonds. The van der Waals surface area contributed by atoms with Crippen molar-refractivity contribution in [2.45, 2.75) is 26.3 Å². The number of hydrogen-bond donors (Lipinski definition) is 2. The predicted octanol–water partition coefficient (Wildman–Crippen LogP) is 3.17. The first kappa shape index (κ1) is 16.1. The molecule has 0 spiro atoms. The van der Waals surface area contributed by atoms with Crippen LogP contribution in [0.4, 0.5) is 17.1 Å². The second kappa shape index (κ2) is 6.74. The van der Waals surface area contributed by atoms with Gasteiger partial charge in [0.15, 0.2) is 0 Å². The highest BCUT2D eigenvalue weighted by Gasteiger charge is 2.29. The van der Waals surface area contributed by atoms with Gasteiger partial charge in [0.05, 0.1) is 17.9 Å². The summed E-state index contributed by atoms with van der Waals surface area (Å²) in [6.45, 7) is 4.07. The molecule has 2 N–H and O–H groups in total. The number of amides is 2. The van der Waals surface area contributed by atoms with Gasteiger partial charge in [-0.25, -0.2) is 0 Å². The van der Waals surface area contributed by atoms with E-state index in [2.05, 4.69) is 10.6 Å². The van der Waals surface area contributed by atoms with Gasteiger partial charge in [-0.05, 0) is 37.6 Å². The van der Waals surface area contributed by atoms with Gasteiger partial charge in [0.1, 0.15) is 0 Å².